The number of fused-ring (bicyclic) bond motifs is 1. The van der Waals surface area contributed by atoms with Gasteiger partial charge in [0.1, 0.15) is 18.3 Å². The molecule has 0 aliphatic carbocycles. The number of carbonyl (C=O) groups is 1. The molecule has 4 aromatic rings. The standard InChI is InChI=1S/C24H20N2O4/c27-23(18-11-13-25-14-12-18)22(24(28)29)17-6-9-20(10-7-17)30-15-19-8-5-16-3-1-2-4-21(16)26-19/h1-14,22-23,27H,15H2,(H,28,29). The van der Waals surface area contributed by atoms with E-state index in [1.54, 1.807) is 36.4 Å². The summed E-state index contributed by atoms with van der Waals surface area (Å²) in [6, 6.07) is 21.7. The lowest BCUT2D eigenvalue weighted by Gasteiger charge is -2.20. The first-order chi connectivity index (χ1) is 14.6. The lowest BCUT2D eigenvalue weighted by Crippen LogP contribution is -2.20. The fraction of sp³-hybridized carbons (Fsp3) is 0.125. The number of para-hydroxylation sites is 1. The van der Waals surface area contributed by atoms with Crippen LogP contribution >= 0.6 is 0 Å². The molecule has 150 valence electrons. The second-order valence-corrected chi connectivity index (χ2v) is 6.89. The number of ether oxygens (including phenoxy) is 1. The van der Waals surface area contributed by atoms with E-state index in [2.05, 4.69) is 9.97 Å². The van der Waals surface area contributed by atoms with Crippen LogP contribution in [-0.2, 0) is 11.4 Å². The maximum Gasteiger partial charge on any atom is 0.314 e. The van der Waals surface area contributed by atoms with E-state index < -0.39 is 18.0 Å². The third-order valence-electron chi connectivity index (χ3n) is 4.91. The number of hydrogen-bond acceptors (Lipinski definition) is 5. The van der Waals surface area contributed by atoms with Crippen molar-refractivity contribution in [3.8, 4) is 5.75 Å². The molecule has 0 aliphatic heterocycles. The first-order valence-electron chi connectivity index (χ1n) is 9.50. The third-order valence-corrected chi connectivity index (χ3v) is 4.91. The number of aliphatic carboxylic acids is 1. The molecule has 2 heterocycles. The van der Waals surface area contributed by atoms with Crippen LogP contribution in [0.15, 0.2) is 85.2 Å². The summed E-state index contributed by atoms with van der Waals surface area (Å²) in [5.41, 5.74) is 2.70. The van der Waals surface area contributed by atoms with Crippen LogP contribution in [0.3, 0.4) is 0 Å². The minimum absolute atomic E-state index is 0.298. The van der Waals surface area contributed by atoms with Crippen LogP contribution in [0.1, 0.15) is 28.8 Å². The molecule has 2 unspecified atom stereocenters. The number of hydrogen-bond donors (Lipinski definition) is 2. The van der Waals surface area contributed by atoms with Crippen molar-refractivity contribution >= 4 is 16.9 Å². The molecule has 2 atom stereocenters. The summed E-state index contributed by atoms with van der Waals surface area (Å²) in [6.07, 6.45) is 1.86. The van der Waals surface area contributed by atoms with Crippen molar-refractivity contribution in [1.29, 1.82) is 0 Å². The van der Waals surface area contributed by atoms with Gasteiger partial charge < -0.3 is 14.9 Å². The second-order valence-electron chi connectivity index (χ2n) is 6.89. The Morgan fingerprint density at radius 2 is 1.63 bits per heavy atom. The highest BCUT2D eigenvalue weighted by Crippen LogP contribution is 2.32. The zero-order valence-corrected chi connectivity index (χ0v) is 16.1. The monoisotopic (exact) mass is 400 g/mol. The summed E-state index contributed by atoms with van der Waals surface area (Å²) in [7, 11) is 0. The summed E-state index contributed by atoms with van der Waals surface area (Å²) in [5, 5.41) is 21.3. The summed E-state index contributed by atoms with van der Waals surface area (Å²) < 4.78 is 5.80. The Bertz CT molecular complexity index is 1150. The SMILES string of the molecule is O=C(O)C(c1ccc(OCc2ccc3ccccc3n2)cc1)C(O)c1ccncc1. The highest BCUT2D eigenvalue weighted by Gasteiger charge is 2.29. The zero-order valence-electron chi connectivity index (χ0n) is 16.1. The van der Waals surface area contributed by atoms with E-state index in [-0.39, 0.29) is 0 Å². The van der Waals surface area contributed by atoms with Gasteiger partial charge in [0.2, 0.25) is 0 Å². The first-order valence-corrected chi connectivity index (χ1v) is 9.50. The van der Waals surface area contributed by atoms with Crippen molar-refractivity contribution in [3.63, 3.8) is 0 Å². The van der Waals surface area contributed by atoms with E-state index in [9.17, 15) is 15.0 Å². The van der Waals surface area contributed by atoms with Crippen LogP contribution in [-0.4, -0.2) is 26.2 Å². The normalized spacial score (nSPS) is 13.0. The second kappa shape index (κ2) is 8.71. The topological polar surface area (TPSA) is 92.5 Å². The van der Waals surface area contributed by atoms with Crippen molar-refractivity contribution < 1.29 is 19.7 Å². The molecule has 2 N–H and O–H groups in total. The number of pyridine rings is 2. The van der Waals surface area contributed by atoms with E-state index >= 15 is 0 Å². The lowest BCUT2D eigenvalue weighted by molar-refractivity contribution is -0.141. The molecule has 6 heteroatoms. The minimum atomic E-state index is -1.18. The zero-order chi connectivity index (χ0) is 20.9. The molecule has 0 aliphatic rings. The summed E-state index contributed by atoms with van der Waals surface area (Å²) in [4.78, 5) is 20.3. The van der Waals surface area contributed by atoms with Gasteiger partial charge in [0, 0.05) is 17.8 Å². The van der Waals surface area contributed by atoms with E-state index in [0.29, 0.717) is 23.5 Å². The molecular formula is C24H20N2O4. The Labute approximate surface area is 173 Å². The van der Waals surface area contributed by atoms with Gasteiger partial charge in [-0.05, 0) is 47.5 Å². The van der Waals surface area contributed by atoms with E-state index in [1.165, 1.54) is 12.4 Å². The molecule has 0 amide bonds. The average Bonchev–Trinajstić information content (AvgIpc) is 2.79. The van der Waals surface area contributed by atoms with Gasteiger partial charge in [-0.3, -0.25) is 9.78 Å². The number of aromatic nitrogens is 2. The Kier molecular flexibility index (Phi) is 5.68. The quantitative estimate of drug-likeness (QED) is 0.485. The smallest absolute Gasteiger partial charge is 0.314 e. The molecule has 4 rings (SSSR count). The number of benzene rings is 2. The molecular weight excluding hydrogens is 380 g/mol. The van der Waals surface area contributed by atoms with Crippen LogP contribution in [0.5, 0.6) is 5.75 Å². The third kappa shape index (κ3) is 4.29. The number of carboxylic acids is 1. The molecule has 2 aromatic carbocycles. The number of carboxylic acid groups (broad SMARTS) is 1. The van der Waals surface area contributed by atoms with Gasteiger partial charge in [0.15, 0.2) is 0 Å². The van der Waals surface area contributed by atoms with Crippen molar-refractivity contribution in [3.05, 3.63) is 102 Å². The van der Waals surface area contributed by atoms with Crippen molar-refractivity contribution in [1.82, 2.24) is 9.97 Å². The molecule has 6 nitrogen and oxygen atoms in total. The molecule has 0 saturated carbocycles. The lowest BCUT2D eigenvalue weighted by atomic mass is 9.89. The predicted molar refractivity (Wildman–Crippen MR) is 112 cm³/mol. The largest absolute Gasteiger partial charge is 0.487 e. The van der Waals surface area contributed by atoms with Gasteiger partial charge in [-0.2, -0.15) is 0 Å². The van der Waals surface area contributed by atoms with E-state index in [1.807, 2.05) is 36.4 Å². The Morgan fingerprint density at radius 3 is 2.37 bits per heavy atom. The fourth-order valence-electron chi connectivity index (χ4n) is 3.33. The Morgan fingerprint density at radius 1 is 0.900 bits per heavy atom. The maximum absolute atomic E-state index is 11.8. The average molecular weight is 400 g/mol. The number of aliphatic hydroxyl groups is 1. The molecule has 2 aromatic heterocycles. The van der Waals surface area contributed by atoms with E-state index in [4.69, 9.17) is 4.74 Å². The van der Waals surface area contributed by atoms with Gasteiger partial charge in [-0.15, -0.1) is 0 Å². The van der Waals surface area contributed by atoms with Crippen molar-refractivity contribution in [2.24, 2.45) is 0 Å². The minimum Gasteiger partial charge on any atom is -0.487 e. The number of aliphatic hydroxyl groups excluding tert-OH is 1. The highest BCUT2D eigenvalue weighted by atomic mass is 16.5. The van der Waals surface area contributed by atoms with Crippen molar-refractivity contribution in [2.45, 2.75) is 18.6 Å². The molecule has 30 heavy (non-hydrogen) atoms. The van der Waals surface area contributed by atoms with Crippen molar-refractivity contribution in [2.75, 3.05) is 0 Å². The summed E-state index contributed by atoms with van der Waals surface area (Å²) in [6.45, 7) is 0.298. The Hall–Kier alpha value is -3.77. The van der Waals surface area contributed by atoms with Gasteiger partial charge in [-0.25, -0.2) is 4.98 Å². The van der Waals surface area contributed by atoms with Crippen LogP contribution in [0.25, 0.3) is 10.9 Å². The van der Waals surface area contributed by atoms with Crippen LogP contribution in [0.2, 0.25) is 0 Å². The van der Waals surface area contributed by atoms with Gasteiger partial charge >= 0.3 is 5.97 Å². The molecule has 0 fully saturated rings. The van der Waals surface area contributed by atoms with Crippen LogP contribution in [0, 0.1) is 0 Å². The van der Waals surface area contributed by atoms with Gasteiger partial charge in [0.25, 0.3) is 0 Å². The summed E-state index contributed by atoms with van der Waals surface area (Å²) >= 11 is 0. The van der Waals surface area contributed by atoms with Crippen LogP contribution in [0.4, 0.5) is 0 Å². The van der Waals surface area contributed by atoms with E-state index in [0.717, 1.165) is 16.6 Å². The first kappa shape index (κ1) is 19.5. The number of rotatable bonds is 7. The Balaban J connectivity index is 1.47. The molecule has 0 radical (unpaired) electrons. The number of nitrogens with zero attached hydrogens (tertiary/aromatic N) is 2. The fourth-order valence-corrected chi connectivity index (χ4v) is 3.33. The molecule has 0 saturated heterocycles. The maximum atomic E-state index is 11.8. The predicted octanol–water partition coefficient (Wildman–Crippen LogP) is 4.11. The summed E-state index contributed by atoms with van der Waals surface area (Å²) in [5.74, 6) is -1.60. The molecule has 0 spiro atoms. The van der Waals surface area contributed by atoms with Gasteiger partial charge in [-0.1, -0.05) is 36.4 Å². The molecule has 0 bridgehead atoms. The highest BCUT2D eigenvalue weighted by molar-refractivity contribution is 5.78. The van der Waals surface area contributed by atoms with Gasteiger partial charge in [0.05, 0.1) is 17.3 Å². The van der Waals surface area contributed by atoms with Crippen LogP contribution < -0.4 is 4.74 Å².